The summed E-state index contributed by atoms with van der Waals surface area (Å²) in [7, 11) is -2.64. The van der Waals surface area contributed by atoms with Crippen molar-refractivity contribution in [3.05, 3.63) is 60.7 Å². The Hall–Kier alpha value is -1.99. The topological polar surface area (TPSA) is 70.8 Å². The van der Waals surface area contributed by atoms with E-state index in [1.807, 2.05) is 0 Å². The predicted molar refractivity (Wildman–Crippen MR) is 202 cm³/mol. The molecule has 2 atom stereocenters. The fraction of sp³-hybridized carbons (Fsp3) is 0.683. The van der Waals surface area contributed by atoms with Gasteiger partial charge in [-0.1, -0.05) is 172 Å². The highest BCUT2D eigenvalue weighted by Crippen LogP contribution is 2.36. The molecule has 6 heteroatoms. The van der Waals surface area contributed by atoms with Crippen molar-refractivity contribution in [2.24, 2.45) is 5.73 Å². The van der Waals surface area contributed by atoms with Crippen LogP contribution in [-0.4, -0.2) is 46.3 Å². The second-order valence-corrected chi connectivity index (χ2v) is 18.8. The van der Waals surface area contributed by atoms with E-state index in [0.717, 1.165) is 25.7 Å². The van der Waals surface area contributed by atoms with E-state index < -0.39 is 8.32 Å². The lowest BCUT2D eigenvalue weighted by molar-refractivity contribution is -0.150. The molecule has 2 N–H and O–H groups in total. The molecule has 266 valence electrons. The molecule has 2 aromatic carbocycles. The SMILES string of the molecule is CCCCCCCCCCCC(=O)O[C@H](CCCCCCC)CCOC[C@@H](N)CO[Si](c1ccccc1)(c1ccccc1)C(C)(C)C. The Morgan fingerprint density at radius 2 is 1.17 bits per heavy atom. The van der Waals surface area contributed by atoms with Crippen molar-refractivity contribution in [2.75, 3.05) is 19.8 Å². The Morgan fingerprint density at radius 1 is 0.681 bits per heavy atom. The van der Waals surface area contributed by atoms with Gasteiger partial charge in [0.05, 0.1) is 25.9 Å². The van der Waals surface area contributed by atoms with Gasteiger partial charge in [-0.25, -0.2) is 0 Å². The lowest BCUT2D eigenvalue weighted by Gasteiger charge is -2.43. The molecular weight excluding hydrogens is 599 g/mol. The van der Waals surface area contributed by atoms with Crippen LogP contribution >= 0.6 is 0 Å². The molecule has 0 bridgehead atoms. The van der Waals surface area contributed by atoms with Gasteiger partial charge in [-0.05, 0) is 34.7 Å². The van der Waals surface area contributed by atoms with Crippen molar-refractivity contribution in [3.8, 4) is 0 Å². The molecule has 0 amide bonds. The van der Waals surface area contributed by atoms with E-state index in [2.05, 4.69) is 95.3 Å². The molecule has 0 saturated heterocycles. The summed E-state index contributed by atoms with van der Waals surface area (Å²) in [5, 5.41) is 2.40. The summed E-state index contributed by atoms with van der Waals surface area (Å²) in [5.41, 5.74) is 6.61. The predicted octanol–water partition coefficient (Wildman–Crippen LogP) is 9.49. The number of ether oxygens (including phenoxy) is 2. The lowest BCUT2D eigenvalue weighted by Crippen LogP contribution is -2.67. The summed E-state index contributed by atoms with van der Waals surface area (Å²) < 4.78 is 19.1. The Labute approximate surface area is 289 Å². The van der Waals surface area contributed by atoms with Crippen LogP contribution in [-0.2, 0) is 18.7 Å². The molecule has 0 fully saturated rings. The molecule has 0 aliphatic rings. The van der Waals surface area contributed by atoms with Gasteiger partial charge < -0.3 is 19.6 Å². The second kappa shape index (κ2) is 24.2. The first-order valence-corrected chi connectivity index (χ1v) is 20.9. The van der Waals surface area contributed by atoms with Crippen LogP contribution in [0.5, 0.6) is 0 Å². The number of nitrogens with two attached hydrogens (primary N) is 1. The van der Waals surface area contributed by atoms with Crippen molar-refractivity contribution in [1.82, 2.24) is 0 Å². The summed E-state index contributed by atoms with van der Waals surface area (Å²) in [6.45, 7) is 12.7. The number of esters is 1. The Balaban J connectivity index is 1.85. The van der Waals surface area contributed by atoms with E-state index >= 15 is 0 Å². The number of unbranched alkanes of at least 4 members (excludes halogenated alkanes) is 12. The van der Waals surface area contributed by atoms with Gasteiger partial charge in [0.15, 0.2) is 0 Å². The zero-order chi connectivity index (χ0) is 34.2. The highest BCUT2D eigenvalue weighted by Gasteiger charge is 2.50. The number of hydrogen-bond acceptors (Lipinski definition) is 5. The first-order chi connectivity index (χ1) is 22.7. The number of benzene rings is 2. The molecule has 0 aromatic heterocycles. The van der Waals surface area contributed by atoms with Gasteiger partial charge in [0, 0.05) is 12.8 Å². The monoisotopic (exact) mass is 667 g/mol. The molecular formula is C41H69NO4Si. The average molecular weight is 668 g/mol. The fourth-order valence-corrected chi connectivity index (χ4v) is 11.2. The first kappa shape index (κ1) is 41.2. The van der Waals surface area contributed by atoms with Crippen LogP contribution in [0.2, 0.25) is 5.04 Å². The minimum atomic E-state index is -2.64. The minimum Gasteiger partial charge on any atom is -0.462 e. The van der Waals surface area contributed by atoms with Crippen LogP contribution in [0, 0.1) is 0 Å². The van der Waals surface area contributed by atoms with Gasteiger partial charge in [0.1, 0.15) is 6.10 Å². The fourth-order valence-electron chi connectivity index (χ4n) is 6.55. The van der Waals surface area contributed by atoms with Crippen molar-refractivity contribution in [1.29, 1.82) is 0 Å². The molecule has 2 aromatic rings. The molecule has 0 saturated carbocycles. The molecule has 0 spiro atoms. The zero-order valence-electron chi connectivity index (χ0n) is 30.8. The molecule has 47 heavy (non-hydrogen) atoms. The largest absolute Gasteiger partial charge is 0.462 e. The molecule has 0 aliphatic carbocycles. The van der Waals surface area contributed by atoms with Gasteiger partial charge in [0.2, 0.25) is 0 Å². The molecule has 0 aliphatic heterocycles. The van der Waals surface area contributed by atoms with Crippen LogP contribution in [0.15, 0.2) is 60.7 Å². The number of rotatable bonds is 27. The van der Waals surface area contributed by atoms with Crippen molar-refractivity contribution in [2.45, 2.75) is 161 Å². The van der Waals surface area contributed by atoms with E-state index in [1.165, 1.54) is 81.0 Å². The number of hydrogen-bond donors (Lipinski definition) is 1. The van der Waals surface area contributed by atoms with Gasteiger partial charge in [-0.15, -0.1) is 0 Å². The summed E-state index contributed by atoms with van der Waals surface area (Å²) >= 11 is 0. The summed E-state index contributed by atoms with van der Waals surface area (Å²) in [6, 6.07) is 21.1. The normalized spacial score (nSPS) is 13.4. The van der Waals surface area contributed by atoms with Crippen molar-refractivity contribution >= 4 is 24.7 Å². The molecule has 0 unspecified atom stereocenters. The molecule has 0 radical (unpaired) electrons. The van der Waals surface area contributed by atoms with Crippen molar-refractivity contribution in [3.63, 3.8) is 0 Å². The standard InChI is InChI=1S/C41H69NO4Si/c1-6-8-10-12-13-14-15-17-25-31-40(43)46-37(26-20-16-11-9-7-2)32-33-44-34-36(42)35-45-47(41(3,4)5,38-27-21-18-22-28-38)39-29-23-19-24-30-39/h18-19,21-24,27-30,36-37H,6-17,20,25-26,31-35,42H2,1-5H3/t36-,37-/m1/s1. The summed E-state index contributed by atoms with van der Waals surface area (Å²) in [6.07, 6.45) is 19.2. The zero-order valence-corrected chi connectivity index (χ0v) is 31.8. The quantitative estimate of drug-likeness (QED) is 0.0584. The third-order valence-electron chi connectivity index (χ3n) is 9.26. The van der Waals surface area contributed by atoms with Gasteiger partial charge in [-0.3, -0.25) is 4.79 Å². The Bertz CT molecular complexity index is 1000. The van der Waals surface area contributed by atoms with Crippen LogP contribution in [0.25, 0.3) is 0 Å². The van der Waals surface area contributed by atoms with E-state index in [4.69, 9.17) is 19.6 Å². The van der Waals surface area contributed by atoms with Crippen LogP contribution in [0.3, 0.4) is 0 Å². The van der Waals surface area contributed by atoms with Gasteiger partial charge >= 0.3 is 5.97 Å². The highest BCUT2D eigenvalue weighted by molar-refractivity contribution is 6.99. The number of carbonyl (C=O) groups is 1. The summed E-state index contributed by atoms with van der Waals surface area (Å²) in [4.78, 5) is 12.7. The second-order valence-electron chi connectivity index (χ2n) is 14.5. The van der Waals surface area contributed by atoms with E-state index in [0.29, 0.717) is 32.7 Å². The van der Waals surface area contributed by atoms with E-state index in [9.17, 15) is 4.79 Å². The molecule has 5 nitrogen and oxygen atoms in total. The van der Waals surface area contributed by atoms with Crippen molar-refractivity contribution < 1.29 is 18.7 Å². The van der Waals surface area contributed by atoms with Gasteiger partial charge in [-0.2, -0.15) is 0 Å². The van der Waals surface area contributed by atoms with Crippen LogP contribution < -0.4 is 16.1 Å². The molecule has 2 rings (SSSR count). The maximum Gasteiger partial charge on any atom is 0.306 e. The summed E-state index contributed by atoms with van der Waals surface area (Å²) in [5.74, 6) is -0.0538. The lowest BCUT2D eigenvalue weighted by atomic mass is 10.1. The van der Waals surface area contributed by atoms with E-state index in [1.54, 1.807) is 0 Å². The maximum atomic E-state index is 12.7. The Morgan fingerprint density at radius 3 is 1.68 bits per heavy atom. The van der Waals surface area contributed by atoms with E-state index in [-0.39, 0.29) is 23.2 Å². The van der Waals surface area contributed by atoms with Gasteiger partial charge in [0.25, 0.3) is 8.32 Å². The minimum absolute atomic E-state index is 0.0538. The highest BCUT2D eigenvalue weighted by atomic mass is 28.4. The van der Waals surface area contributed by atoms with Crippen LogP contribution in [0.1, 0.15) is 144 Å². The Kier molecular flexibility index (Phi) is 21.2. The number of carbonyl (C=O) groups excluding carboxylic acids is 1. The smallest absolute Gasteiger partial charge is 0.306 e. The first-order valence-electron chi connectivity index (χ1n) is 19.0. The van der Waals surface area contributed by atoms with Crippen LogP contribution in [0.4, 0.5) is 0 Å². The average Bonchev–Trinajstić information content (AvgIpc) is 3.06. The maximum absolute atomic E-state index is 12.7. The molecule has 0 heterocycles. The third-order valence-corrected chi connectivity index (χ3v) is 14.3. The third kappa shape index (κ3) is 15.8.